The molecule has 0 aliphatic heterocycles. The summed E-state index contributed by atoms with van der Waals surface area (Å²) in [5.74, 6) is 0.484. The van der Waals surface area contributed by atoms with Crippen LogP contribution in [0.4, 0.5) is 11.6 Å². The van der Waals surface area contributed by atoms with E-state index in [1.807, 2.05) is 30.3 Å². The van der Waals surface area contributed by atoms with Crippen LogP contribution >= 0.6 is 27.3 Å². The first-order valence-corrected chi connectivity index (χ1v) is 9.36. The van der Waals surface area contributed by atoms with Gasteiger partial charge in [-0.15, -0.1) is 11.3 Å². The minimum absolute atomic E-state index is 0.0100. The van der Waals surface area contributed by atoms with Crippen molar-refractivity contribution in [2.45, 2.75) is 12.8 Å². The molecule has 0 unspecified atom stereocenters. The van der Waals surface area contributed by atoms with Crippen molar-refractivity contribution >= 4 is 44.7 Å². The Morgan fingerprint density at radius 1 is 1.24 bits per heavy atom. The molecule has 0 saturated heterocycles. The number of aromatic nitrogens is 2. The van der Waals surface area contributed by atoms with Crippen LogP contribution in [0, 0.1) is 0 Å². The minimum Gasteiger partial charge on any atom is -0.396 e. The first kappa shape index (κ1) is 17.7. The van der Waals surface area contributed by atoms with Crippen LogP contribution in [0.1, 0.15) is 23.2 Å². The van der Waals surface area contributed by atoms with Crippen molar-refractivity contribution in [1.29, 1.82) is 0 Å². The third-order valence-corrected chi connectivity index (χ3v) is 5.13. The Morgan fingerprint density at radius 2 is 2.12 bits per heavy atom. The molecule has 0 fully saturated rings. The molecule has 5 nitrogen and oxygen atoms in total. The zero-order valence-corrected chi connectivity index (χ0v) is 15.7. The van der Waals surface area contributed by atoms with Crippen LogP contribution in [-0.2, 0) is 0 Å². The molecular formula is C18H16BrN3O2S. The van der Waals surface area contributed by atoms with Gasteiger partial charge < -0.3 is 10.4 Å². The molecule has 0 atom stereocenters. The van der Waals surface area contributed by atoms with Gasteiger partial charge in [-0.05, 0) is 52.7 Å². The van der Waals surface area contributed by atoms with E-state index in [0.29, 0.717) is 24.4 Å². The number of nitrogens with one attached hydrogen (secondary N) is 1. The zero-order chi connectivity index (χ0) is 17.6. The van der Waals surface area contributed by atoms with E-state index in [4.69, 9.17) is 5.11 Å². The van der Waals surface area contributed by atoms with Crippen molar-refractivity contribution in [2.75, 3.05) is 11.9 Å². The number of Topliss-reactive ketones (excluding diaryl/α,β-unsaturated/α-hetero) is 1. The Hall–Kier alpha value is -2.09. The molecule has 2 N–H and O–H groups in total. The fourth-order valence-corrected chi connectivity index (χ4v) is 3.65. The lowest BCUT2D eigenvalue weighted by atomic mass is 10.1. The lowest BCUT2D eigenvalue weighted by molar-refractivity contribution is 0.0971. The smallest absolute Gasteiger partial charge is 0.227 e. The predicted molar refractivity (Wildman–Crippen MR) is 103 cm³/mol. The van der Waals surface area contributed by atoms with Crippen molar-refractivity contribution in [3.05, 3.63) is 58.0 Å². The van der Waals surface area contributed by atoms with E-state index in [2.05, 4.69) is 31.2 Å². The van der Waals surface area contributed by atoms with Crippen LogP contribution in [0.15, 0.2) is 52.4 Å². The maximum absolute atomic E-state index is 12.1. The summed E-state index contributed by atoms with van der Waals surface area (Å²) in [7, 11) is 0. The van der Waals surface area contributed by atoms with E-state index in [-0.39, 0.29) is 12.4 Å². The summed E-state index contributed by atoms with van der Waals surface area (Å²) in [5, 5.41) is 12.0. The molecule has 0 radical (unpaired) electrons. The average Bonchev–Trinajstić information content (AvgIpc) is 3.06. The van der Waals surface area contributed by atoms with Gasteiger partial charge in [0.05, 0.1) is 14.4 Å². The highest BCUT2D eigenvalue weighted by Crippen LogP contribution is 2.30. The Bertz CT molecular complexity index is 882. The highest BCUT2D eigenvalue weighted by molar-refractivity contribution is 9.11. The van der Waals surface area contributed by atoms with Crippen molar-refractivity contribution in [3.63, 3.8) is 0 Å². The molecule has 25 heavy (non-hydrogen) atoms. The number of anilines is 2. The third-order valence-electron chi connectivity index (χ3n) is 3.48. The number of aliphatic hydroxyl groups is 1. The number of rotatable bonds is 7. The first-order valence-electron chi connectivity index (χ1n) is 7.75. The molecule has 2 heterocycles. The predicted octanol–water partition coefficient (Wildman–Crippen LogP) is 4.67. The quantitative estimate of drug-likeness (QED) is 0.546. The van der Waals surface area contributed by atoms with E-state index < -0.39 is 0 Å². The van der Waals surface area contributed by atoms with Crippen molar-refractivity contribution in [3.8, 4) is 10.6 Å². The number of halogens is 1. The van der Waals surface area contributed by atoms with Crippen LogP contribution in [0.5, 0.6) is 0 Å². The second-order valence-electron chi connectivity index (χ2n) is 5.33. The van der Waals surface area contributed by atoms with Gasteiger partial charge in [0.2, 0.25) is 5.95 Å². The SMILES string of the molecule is O=C(CCCO)c1cccc(Nc2nccc(-c3ccc(Br)s3)n2)c1. The van der Waals surface area contributed by atoms with Crippen LogP contribution in [-0.4, -0.2) is 27.5 Å². The van der Waals surface area contributed by atoms with Gasteiger partial charge in [-0.3, -0.25) is 4.79 Å². The summed E-state index contributed by atoms with van der Waals surface area (Å²) in [4.78, 5) is 21.9. The van der Waals surface area contributed by atoms with Gasteiger partial charge in [0, 0.05) is 30.5 Å². The van der Waals surface area contributed by atoms with E-state index in [1.54, 1.807) is 29.7 Å². The highest BCUT2D eigenvalue weighted by Gasteiger charge is 2.08. The molecule has 7 heteroatoms. The van der Waals surface area contributed by atoms with Gasteiger partial charge in [0.25, 0.3) is 0 Å². The molecule has 128 valence electrons. The highest BCUT2D eigenvalue weighted by atomic mass is 79.9. The third kappa shape index (κ3) is 4.72. The Balaban J connectivity index is 1.77. The van der Waals surface area contributed by atoms with Gasteiger partial charge >= 0.3 is 0 Å². The molecule has 0 aliphatic carbocycles. The summed E-state index contributed by atoms with van der Waals surface area (Å²) in [6, 6.07) is 13.1. The molecule has 0 amide bonds. The monoisotopic (exact) mass is 417 g/mol. The summed E-state index contributed by atoms with van der Waals surface area (Å²) < 4.78 is 1.05. The van der Waals surface area contributed by atoms with Crippen LogP contribution in [0.3, 0.4) is 0 Å². The van der Waals surface area contributed by atoms with E-state index in [9.17, 15) is 4.79 Å². The normalized spacial score (nSPS) is 10.6. The number of aliphatic hydroxyl groups excluding tert-OH is 1. The largest absolute Gasteiger partial charge is 0.396 e. The first-order chi connectivity index (χ1) is 12.2. The zero-order valence-electron chi connectivity index (χ0n) is 13.3. The Morgan fingerprint density at radius 3 is 2.88 bits per heavy atom. The summed E-state index contributed by atoms with van der Waals surface area (Å²) in [6.07, 6.45) is 2.51. The molecule has 0 saturated carbocycles. The minimum atomic E-state index is 0.0100. The molecule has 0 bridgehead atoms. The maximum atomic E-state index is 12.1. The van der Waals surface area contributed by atoms with Crippen molar-refractivity contribution < 1.29 is 9.90 Å². The summed E-state index contributed by atoms with van der Waals surface area (Å²) in [5.41, 5.74) is 2.19. The number of hydrogen-bond acceptors (Lipinski definition) is 6. The number of carbonyl (C=O) groups excluding carboxylic acids is 1. The van der Waals surface area contributed by atoms with Gasteiger partial charge in [-0.25, -0.2) is 9.97 Å². The van der Waals surface area contributed by atoms with Gasteiger partial charge in [-0.2, -0.15) is 0 Å². The second kappa shape index (κ2) is 8.33. The number of ketones is 1. The molecule has 0 aliphatic rings. The van der Waals surface area contributed by atoms with Gasteiger partial charge in [0.1, 0.15) is 0 Å². The van der Waals surface area contributed by atoms with E-state index in [0.717, 1.165) is 20.0 Å². The maximum Gasteiger partial charge on any atom is 0.227 e. The Kier molecular flexibility index (Phi) is 5.91. The fraction of sp³-hybridized carbons (Fsp3) is 0.167. The number of hydrogen-bond donors (Lipinski definition) is 2. The topological polar surface area (TPSA) is 75.1 Å². The van der Waals surface area contributed by atoms with E-state index in [1.165, 1.54) is 0 Å². The molecular weight excluding hydrogens is 402 g/mol. The molecule has 1 aromatic carbocycles. The molecule has 0 spiro atoms. The van der Waals surface area contributed by atoms with Gasteiger partial charge in [0.15, 0.2) is 5.78 Å². The summed E-state index contributed by atoms with van der Waals surface area (Å²) >= 11 is 5.06. The van der Waals surface area contributed by atoms with E-state index >= 15 is 0 Å². The number of carbonyl (C=O) groups is 1. The van der Waals surface area contributed by atoms with Crippen molar-refractivity contribution in [2.24, 2.45) is 0 Å². The van der Waals surface area contributed by atoms with Crippen LogP contribution in [0.25, 0.3) is 10.6 Å². The molecule has 3 rings (SSSR count). The summed E-state index contributed by atoms with van der Waals surface area (Å²) in [6.45, 7) is 0.0170. The fourth-order valence-electron chi connectivity index (χ4n) is 2.29. The molecule has 2 aromatic heterocycles. The van der Waals surface area contributed by atoms with Crippen LogP contribution in [0.2, 0.25) is 0 Å². The lowest BCUT2D eigenvalue weighted by Gasteiger charge is -2.07. The van der Waals surface area contributed by atoms with Crippen LogP contribution < -0.4 is 5.32 Å². The van der Waals surface area contributed by atoms with Crippen molar-refractivity contribution in [1.82, 2.24) is 9.97 Å². The number of benzene rings is 1. The lowest BCUT2D eigenvalue weighted by Crippen LogP contribution is -2.02. The second-order valence-corrected chi connectivity index (χ2v) is 7.79. The van der Waals surface area contributed by atoms with Gasteiger partial charge in [-0.1, -0.05) is 12.1 Å². The standard InChI is InChI=1S/C18H16BrN3O2S/c19-17-7-6-16(25-17)14-8-9-20-18(22-14)21-13-4-1-3-12(11-13)15(24)5-2-10-23/h1,3-4,6-9,11,23H,2,5,10H2,(H,20,21,22). The number of thiophene rings is 1. The molecule has 3 aromatic rings. The average molecular weight is 418 g/mol. The number of nitrogens with zero attached hydrogens (tertiary/aromatic N) is 2. The Labute approximate surface area is 157 Å².